The van der Waals surface area contributed by atoms with Crippen LogP contribution in [0.2, 0.25) is 0 Å². The molecule has 0 aromatic carbocycles. The molecule has 1 rings (SSSR count). The molecule has 0 saturated carbocycles. The first-order chi connectivity index (χ1) is 23.4. The van der Waals surface area contributed by atoms with E-state index in [4.69, 9.17) is 0 Å². The van der Waals surface area contributed by atoms with E-state index in [1.165, 1.54) is 13.5 Å². The monoisotopic (exact) mass is 974 g/mol. The highest BCUT2D eigenvalue weighted by molar-refractivity contribution is 7.91. The summed E-state index contributed by atoms with van der Waals surface area (Å²) in [5.74, 6) is 0. The highest BCUT2D eigenvalue weighted by Crippen LogP contribution is 2.83. The lowest BCUT2D eigenvalue weighted by Crippen LogP contribution is -2.23. The zero-order valence-electron chi connectivity index (χ0n) is 23.7. The van der Waals surface area contributed by atoms with Crippen molar-refractivity contribution in [2.45, 2.75) is 37.1 Å². The molecule has 1 aliphatic rings. The van der Waals surface area contributed by atoms with Crippen LogP contribution in [0.15, 0.2) is 27.1 Å². The Hall–Kier alpha value is -1.12. The molecule has 6 unspecified atom stereocenters. The molecule has 0 saturated heterocycles. The Morgan fingerprint density at radius 2 is 0.556 bits per heavy atom. The van der Waals surface area contributed by atoms with Crippen molar-refractivity contribution in [2.24, 2.45) is 27.1 Å². The second-order valence-electron chi connectivity index (χ2n) is 8.64. The van der Waals surface area contributed by atoms with Gasteiger partial charge in [0.15, 0.2) is 26.4 Å². The zero-order chi connectivity index (χ0) is 43.1. The Balaban J connectivity index is 5.13. The molecule has 12 nitrogen and oxygen atoms in total. The maximum Gasteiger partial charge on any atom is 0.460 e. The molecule has 0 amide bonds. The molecule has 54 heavy (non-hydrogen) atoms. The second-order valence-corrected chi connectivity index (χ2v) is 20.7. The fraction of sp³-hybridized carbons (Fsp3) is 0.833. The molecule has 0 spiro atoms. The second kappa shape index (κ2) is 16.3. The van der Waals surface area contributed by atoms with E-state index in [9.17, 15) is 88.6 Å². The molecule has 0 fully saturated rings. The summed E-state index contributed by atoms with van der Waals surface area (Å²) in [7, 11) is -49.9. The van der Waals surface area contributed by atoms with Gasteiger partial charge in [-0.15, -0.1) is 13.5 Å². The van der Waals surface area contributed by atoms with Gasteiger partial charge < -0.3 is 0 Å². The van der Waals surface area contributed by atoms with Crippen LogP contribution in [0.3, 0.4) is 0 Å². The number of alkyl halides is 18. The van der Waals surface area contributed by atoms with E-state index in [0.29, 0.717) is 0 Å². The van der Waals surface area contributed by atoms with Gasteiger partial charge in [-0.25, -0.2) is 0 Å². The molecular weight excluding hydrogens is 966 g/mol. The summed E-state index contributed by atoms with van der Waals surface area (Å²) in [6.07, 6.45) is -39.1. The van der Waals surface area contributed by atoms with Crippen LogP contribution in [0.4, 0.5) is 104 Å². The first-order valence-corrected chi connectivity index (χ1v) is 20.7. The highest BCUT2D eigenvalue weighted by atomic mass is 31.3. The van der Waals surface area contributed by atoms with Crippen molar-refractivity contribution in [3.63, 3.8) is 0 Å². The van der Waals surface area contributed by atoms with Crippen molar-refractivity contribution in [2.75, 3.05) is 26.4 Å². The Morgan fingerprint density at radius 3 is 0.778 bits per heavy atom. The van der Waals surface area contributed by atoms with Gasteiger partial charge in [0.1, 0.15) is 0 Å². The predicted octanol–water partition coefficient (Wildman–Crippen LogP) is 14.2. The van der Waals surface area contributed by atoms with Crippen LogP contribution in [0.1, 0.15) is 0 Å². The SMILES string of the molecule is O=C(C(F)(F)F)P1(F)=NP(F)(OCC(F)(F)F)=NP(F)(OCC(F)(F)F)=NP(F)(OCC(F)(F)F)=NP(F)(OCC(F)(F)F)=NP(F)(C(=O)C(F)(F)F)=N1. The molecule has 0 aliphatic carbocycles. The van der Waals surface area contributed by atoms with Gasteiger partial charge in [0.05, 0.1) is 0 Å². The zero-order valence-corrected chi connectivity index (χ0v) is 29.1. The van der Waals surface area contributed by atoms with E-state index in [-0.39, 0.29) is 0 Å². The molecule has 1 heterocycles. The third-order valence-electron chi connectivity index (χ3n) is 3.93. The first kappa shape index (κ1) is 50.9. The van der Waals surface area contributed by atoms with Gasteiger partial charge >= 0.3 is 94.1 Å². The summed E-state index contributed by atoms with van der Waals surface area (Å²) in [4.78, 5) is 23.8. The smallest absolute Gasteiger partial charge is 0.294 e. The Labute approximate surface area is 280 Å². The number of carbonyl (C=O) groups excluding carboxylic acids is 2. The van der Waals surface area contributed by atoms with Gasteiger partial charge in [-0.2, -0.15) is 118 Å². The van der Waals surface area contributed by atoms with Gasteiger partial charge in [-0.05, 0) is 0 Å². The van der Waals surface area contributed by atoms with Crippen molar-refractivity contribution in [1.29, 1.82) is 0 Å². The molecule has 0 bridgehead atoms. The van der Waals surface area contributed by atoms with Gasteiger partial charge in [-0.1, -0.05) is 0 Å². The summed E-state index contributed by atoms with van der Waals surface area (Å²) >= 11 is 0. The van der Waals surface area contributed by atoms with Crippen molar-refractivity contribution in [1.82, 2.24) is 0 Å². The minimum absolute atomic E-state index is 1.01. The van der Waals surface area contributed by atoms with Gasteiger partial charge in [-0.3, -0.25) is 27.7 Å². The van der Waals surface area contributed by atoms with Crippen molar-refractivity contribution in [3.05, 3.63) is 0 Å². The number of nitrogens with zero attached hydrogens (tertiary/aromatic N) is 6. The molecule has 0 radical (unpaired) electrons. The lowest BCUT2D eigenvalue weighted by molar-refractivity contribution is -0.162. The predicted molar refractivity (Wildman–Crippen MR) is 133 cm³/mol. The van der Waals surface area contributed by atoms with E-state index in [0.717, 1.165) is 13.5 Å². The average molecular weight is 974 g/mol. The van der Waals surface area contributed by atoms with Crippen molar-refractivity contribution in [3.8, 4) is 0 Å². The number of halogens is 24. The molecule has 0 aromatic heterocycles. The normalized spacial score (nSPS) is 32.3. The summed E-state index contributed by atoms with van der Waals surface area (Å²) in [5.41, 5.74) is -9.53. The van der Waals surface area contributed by atoms with E-state index in [2.05, 4.69) is 18.1 Å². The largest absolute Gasteiger partial charge is 0.460 e. The van der Waals surface area contributed by atoms with Crippen LogP contribution in [-0.4, -0.2) is 74.5 Å². The number of carbonyl (C=O) groups is 2. The van der Waals surface area contributed by atoms with Gasteiger partial charge in [0, 0.05) is 0 Å². The molecule has 0 aromatic rings. The topological polar surface area (TPSA) is 145 Å². The fourth-order valence-electron chi connectivity index (χ4n) is 2.28. The molecular formula is C12H8F24N6O6P6. The lowest BCUT2D eigenvalue weighted by Gasteiger charge is -2.24. The Bertz CT molecular complexity index is 1720. The Morgan fingerprint density at radius 1 is 0.352 bits per heavy atom. The van der Waals surface area contributed by atoms with Gasteiger partial charge in [0.2, 0.25) is 0 Å². The summed E-state index contributed by atoms with van der Waals surface area (Å²) in [6, 6.07) is 0. The fourth-order valence-corrected chi connectivity index (χ4v) is 16.8. The third kappa shape index (κ3) is 16.8. The molecule has 1 aliphatic heterocycles. The average Bonchev–Trinajstić information content (AvgIpc) is 2.89. The minimum Gasteiger partial charge on any atom is -0.294 e. The van der Waals surface area contributed by atoms with Crippen molar-refractivity contribution >= 4 is 57.1 Å². The quantitative estimate of drug-likeness (QED) is 0.157. The summed E-state index contributed by atoms with van der Waals surface area (Å²) < 4.78 is 349. The summed E-state index contributed by atoms with van der Waals surface area (Å²) in [6.45, 7) is -14.2. The molecule has 6 atom stereocenters. The summed E-state index contributed by atoms with van der Waals surface area (Å²) in [5, 5.41) is 0. The maximum absolute atomic E-state index is 15.8. The number of hydrogen-bond donors (Lipinski definition) is 0. The number of hydrogen-bond acceptors (Lipinski definition) is 12. The molecule has 42 heteroatoms. The Kier molecular flexibility index (Phi) is 15.3. The molecule has 320 valence electrons. The minimum atomic E-state index is -8.73. The van der Waals surface area contributed by atoms with Gasteiger partial charge in [0.25, 0.3) is 0 Å². The van der Waals surface area contributed by atoms with Crippen LogP contribution in [0, 0.1) is 0 Å². The molecule has 0 N–H and O–H groups in total. The van der Waals surface area contributed by atoms with Crippen LogP contribution < -0.4 is 0 Å². The van der Waals surface area contributed by atoms with E-state index in [1.54, 1.807) is 0 Å². The van der Waals surface area contributed by atoms with E-state index < -0.39 is 121 Å². The van der Waals surface area contributed by atoms with E-state index in [1.807, 2.05) is 0 Å². The van der Waals surface area contributed by atoms with E-state index >= 15 is 25.2 Å². The maximum atomic E-state index is 15.8. The van der Waals surface area contributed by atoms with Crippen LogP contribution >= 0.6 is 46.0 Å². The van der Waals surface area contributed by atoms with Crippen molar-refractivity contribution < 1.29 is 132 Å². The first-order valence-electron chi connectivity index (χ1n) is 11.5. The third-order valence-corrected chi connectivity index (χ3v) is 18.2. The van der Waals surface area contributed by atoms with Crippen LogP contribution in [-0.2, 0) is 27.7 Å². The number of rotatable bonds is 10. The van der Waals surface area contributed by atoms with Crippen LogP contribution in [0.5, 0.6) is 0 Å². The van der Waals surface area contributed by atoms with Crippen LogP contribution in [0.25, 0.3) is 0 Å². The standard InChI is InChI=1S/C12H8F24N6O6P6/c13-7(14,15)1-45-51(33)38-49(31,5(43)11(25,26)27)37-50(32,6(44)12(28,29)30)39-52(34,46-2-8(16,17)18)41-54(36,48-4-10(22,23)24)42-53(35,40-51)47-3-9(19,20)21/h1-4H2. The highest BCUT2D eigenvalue weighted by Gasteiger charge is 2.58. The lowest BCUT2D eigenvalue weighted by atomic mass is 10.7.